The van der Waals surface area contributed by atoms with E-state index in [4.69, 9.17) is 4.42 Å². The molecule has 1 heterocycles. The van der Waals surface area contributed by atoms with E-state index in [0.717, 1.165) is 5.76 Å². The maximum atomic E-state index is 5.80. The normalized spacial score (nSPS) is 28.9. The Labute approximate surface area is 127 Å². The van der Waals surface area contributed by atoms with Crippen molar-refractivity contribution in [3.8, 4) is 0 Å². The lowest BCUT2D eigenvalue weighted by Gasteiger charge is -2.34. The Morgan fingerprint density at radius 3 is 2.29 bits per heavy atom. The Hall–Kier alpha value is -1.50. The molecule has 1 aromatic heterocycles. The van der Waals surface area contributed by atoms with Gasteiger partial charge in [0.05, 0.1) is 12.2 Å². The Morgan fingerprint density at radius 2 is 1.62 bits per heavy atom. The standard InChI is InChI=1S/C20H22O/c1-20(2)18(14-8-4-3-5-9-14)15-10-6-11-16(15)19(20)17-12-7-13-21-17/h3-5,7-9,12-13,15-16H,6,10-11H2,1-2H3. The third-order valence-electron chi connectivity index (χ3n) is 5.48. The van der Waals surface area contributed by atoms with Crippen molar-refractivity contribution >= 4 is 0 Å². The first-order chi connectivity index (χ1) is 10.2. The highest BCUT2D eigenvalue weighted by Gasteiger charge is 2.58. The minimum atomic E-state index is 0.0922. The van der Waals surface area contributed by atoms with Gasteiger partial charge in [-0.25, -0.2) is 0 Å². The van der Waals surface area contributed by atoms with Crippen molar-refractivity contribution in [1.82, 2.24) is 0 Å². The lowest BCUT2D eigenvalue weighted by Crippen LogP contribution is -2.26. The molecule has 0 saturated heterocycles. The fourth-order valence-corrected chi connectivity index (χ4v) is 4.84. The monoisotopic (exact) mass is 278 g/mol. The predicted octanol–water partition coefficient (Wildman–Crippen LogP) is 5.28. The maximum Gasteiger partial charge on any atom is 0.111 e. The van der Waals surface area contributed by atoms with Crippen LogP contribution in [0.25, 0.3) is 0 Å². The summed E-state index contributed by atoms with van der Waals surface area (Å²) >= 11 is 0. The Balaban J connectivity index is 1.81. The van der Waals surface area contributed by atoms with Gasteiger partial charge in [0.2, 0.25) is 0 Å². The fourth-order valence-electron chi connectivity index (χ4n) is 4.84. The zero-order chi connectivity index (χ0) is 14.4. The smallest absolute Gasteiger partial charge is 0.111 e. The van der Waals surface area contributed by atoms with Crippen molar-refractivity contribution in [1.29, 1.82) is 0 Å². The van der Waals surface area contributed by atoms with Gasteiger partial charge in [0, 0.05) is 5.92 Å². The lowest BCUT2D eigenvalue weighted by molar-refractivity contribution is 0.390. The molecule has 2 aromatic rings. The van der Waals surface area contributed by atoms with Crippen molar-refractivity contribution in [3.63, 3.8) is 0 Å². The van der Waals surface area contributed by atoms with Gasteiger partial charge in [-0.15, -0.1) is 0 Å². The van der Waals surface area contributed by atoms with Crippen LogP contribution in [0.2, 0.25) is 0 Å². The predicted molar refractivity (Wildman–Crippen MR) is 84.5 cm³/mol. The second kappa shape index (κ2) is 4.76. The van der Waals surface area contributed by atoms with E-state index in [0.29, 0.717) is 11.8 Å². The van der Waals surface area contributed by atoms with Crippen LogP contribution >= 0.6 is 0 Å². The molecular weight excluding hydrogens is 256 g/mol. The van der Waals surface area contributed by atoms with Gasteiger partial charge in [-0.05, 0) is 47.8 Å². The van der Waals surface area contributed by atoms with Crippen LogP contribution in [0.15, 0.2) is 53.1 Å². The van der Waals surface area contributed by atoms with E-state index in [2.05, 4.69) is 50.2 Å². The molecule has 2 saturated carbocycles. The molecule has 2 fully saturated rings. The Kier molecular flexibility index (Phi) is 2.99. The summed E-state index contributed by atoms with van der Waals surface area (Å²) in [6, 6.07) is 15.1. The quantitative estimate of drug-likeness (QED) is 0.728. The van der Waals surface area contributed by atoms with Gasteiger partial charge in [-0.2, -0.15) is 0 Å². The molecule has 21 heavy (non-hydrogen) atoms. The molecular formula is C20H22O. The van der Waals surface area contributed by atoms with Crippen molar-refractivity contribution < 1.29 is 4.42 Å². The number of hydrogen-bond donors (Lipinski definition) is 0. The summed E-state index contributed by atoms with van der Waals surface area (Å²) in [5, 5.41) is 0. The molecule has 1 nitrogen and oxygen atoms in total. The zero-order valence-electron chi connectivity index (χ0n) is 12.8. The molecule has 0 spiro atoms. The summed E-state index contributed by atoms with van der Waals surface area (Å²) in [6.07, 6.45) is 5.78. The summed E-state index contributed by atoms with van der Waals surface area (Å²) in [5.41, 5.74) is 1.51. The Bertz CT molecular complexity index is 596. The van der Waals surface area contributed by atoms with E-state index >= 15 is 0 Å². The first-order valence-corrected chi connectivity index (χ1v) is 8.03. The van der Waals surface area contributed by atoms with Gasteiger partial charge in [0.1, 0.15) is 5.76 Å². The summed E-state index contributed by atoms with van der Waals surface area (Å²) in [6.45, 7) is 4.76. The average Bonchev–Trinajstić information content (AvgIpc) is 3.16. The van der Waals surface area contributed by atoms with Crippen LogP contribution in [-0.2, 0) is 0 Å². The summed E-state index contributed by atoms with van der Waals surface area (Å²) < 4.78 is 5.80. The van der Waals surface area contributed by atoms with E-state index in [-0.39, 0.29) is 5.41 Å². The lowest BCUT2D eigenvalue weighted by atomic mass is 9.69. The van der Waals surface area contributed by atoms with Gasteiger partial charge in [0.15, 0.2) is 0 Å². The van der Waals surface area contributed by atoms with Crippen molar-refractivity contribution in [2.24, 2.45) is 17.3 Å². The van der Waals surface area contributed by atoms with E-state index in [1.165, 1.54) is 30.7 Å². The second-order valence-electron chi connectivity index (χ2n) is 6.94. The molecule has 2 unspecified atom stereocenters. The topological polar surface area (TPSA) is 13.1 Å². The number of hydrogen-bond acceptors (Lipinski definition) is 1. The van der Waals surface area contributed by atoms with E-state index in [9.17, 15) is 0 Å². The van der Waals surface area contributed by atoms with Crippen molar-refractivity contribution in [2.75, 3.05) is 0 Å². The summed E-state index contributed by atoms with van der Waals surface area (Å²) in [4.78, 5) is 0. The van der Waals surface area contributed by atoms with Gasteiger partial charge >= 0.3 is 0 Å². The van der Waals surface area contributed by atoms with Crippen LogP contribution in [0.3, 0.4) is 0 Å². The second-order valence-corrected chi connectivity index (χ2v) is 6.94. The highest BCUT2D eigenvalue weighted by Crippen LogP contribution is 2.65. The van der Waals surface area contributed by atoms with Crippen LogP contribution in [0.5, 0.6) is 0 Å². The third kappa shape index (κ3) is 1.90. The summed E-state index contributed by atoms with van der Waals surface area (Å²) in [7, 11) is 0. The van der Waals surface area contributed by atoms with Crippen LogP contribution in [0.1, 0.15) is 44.4 Å². The molecule has 4 rings (SSSR count). The van der Waals surface area contributed by atoms with Crippen LogP contribution in [0, 0.1) is 29.1 Å². The maximum absolute atomic E-state index is 5.80. The molecule has 0 aliphatic heterocycles. The first kappa shape index (κ1) is 13.2. The van der Waals surface area contributed by atoms with Crippen LogP contribution in [0.4, 0.5) is 0 Å². The number of rotatable bonds is 2. The fraction of sp³-hybridized carbons (Fsp3) is 0.400. The average molecular weight is 278 g/mol. The minimum Gasteiger partial charge on any atom is -0.469 e. The molecule has 1 heteroatoms. The van der Waals surface area contributed by atoms with Gasteiger partial charge < -0.3 is 4.42 Å². The highest BCUT2D eigenvalue weighted by molar-refractivity contribution is 5.49. The van der Waals surface area contributed by atoms with Crippen LogP contribution in [-0.4, -0.2) is 0 Å². The molecule has 2 aliphatic rings. The molecule has 1 aromatic carbocycles. The summed E-state index contributed by atoms with van der Waals surface area (Å²) in [5.74, 6) is 5.61. The van der Waals surface area contributed by atoms with Crippen molar-refractivity contribution in [3.05, 3.63) is 71.9 Å². The first-order valence-electron chi connectivity index (χ1n) is 8.03. The minimum absolute atomic E-state index is 0.0922. The largest absolute Gasteiger partial charge is 0.469 e. The molecule has 0 amide bonds. The van der Waals surface area contributed by atoms with Gasteiger partial charge in [-0.1, -0.05) is 50.6 Å². The molecule has 108 valence electrons. The van der Waals surface area contributed by atoms with E-state index < -0.39 is 0 Å². The molecule has 0 N–H and O–H groups in total. The van der Waals surface area contributed by atoms with Gasteiger partial charge in [0.25, 0.3) is 0 Å². The highest BCUT2D eigenvalue weighted by atomic mass is 16.3. The molecule has 2 aliphatic carbocycles. The van der Waals surface area contributed by atoms with Crippen molar-refractivity contribution in [2.45, 2.75) is 33.1 Å². The molecule has 0 bridgehead atoms. The van der Waals surface area contributed by atoms with Gasteiger partial charge in [-0.3, -0.25) is 0 Å². The van der Waals surface area contributed by atoms with E-state index in [1.54, 1.807) is 5.92 Å². The SMILES string of the molecule is CC1(C)[C](c2ccccc2)C2CCCC2[C]1c1ccco1. The molecule has 2 radical (unpaired) electrons. The third-order valence-corrected chi connectivity index (χ3v) is 5.48. The zero-order valence-corrected chi connectivity index (χ0v) is 12.8. The Morgan fingerprint density at radius 1 is 0.905 bits per heavy atom. The number of fused-ring (bicyclic) bond motifs is 1. The van der Waals surface area contributed by atoms with E-state index in [1.807, 2.05) is 12.3 Å². The number of furan rings is 1. The molecule has 2 atom stereocenters. The van der Waals surface area contributed by atoms with Crippen LogP contribution < -0.4 is 0 Å². The number of benzene rings is 1.